The fourth-order valence-corrected chi connectivity index (χ4v) is 5.17. The first kappa shape index (κ1) is 22.0. The van der Waals surface area contributed by atoms with Gasteiger partial charge in [0.25, 0.3) is 5.91 Å². The van der Waals surface area contributed by atoms with Crippen LogP contribution in [0.2, 0.25) is 0 Å². The van der Waals surface area contributed by atoms with Gasteiger partial charge < -0.3 is 20.1 Å². The van der Waals surface area contributed by atoms with E-state index >= 15 is 0 Å². The molecule has 1 saturated heterocycles. The van der Waals surface area contributed by atoms with Gasteiger partial charge in [0, 0.05) is 37.2 Å². The smallest absolute Gasteiger partial charge is 0.273 e. The van der Waals surface area contributed by atoms with Crippen LogP contribution in [0.3, 0.4) is 0 Å². The summed E-state index contributed by atoms with van der Waals surface area (Å²) in [5.74, 6) is 0.369. The Balaban J connectivity index is 1.52. The minimum atomic E-state index is -0.408. The Labute approximate surface area is 183 Å². The number of hydrogen-bond acceptors (Lipinski definition) is 6. The number of nitrogens with zero attached hydrogens (tertiary/aromatic N) is 2. The molecule has 1 aliphatic carbocycles. The lowest BCUT2D eigenvalue weighted by molar-refractivity contribution is 0.00482. The van der Waals surface area contributed by atoms with Crippen molar-refractivity contribution in [3.05, 3.63) is 53.4 Å². The molecular weight excluding hydrogens is 394 g/mol. The zero-order valence-corrected chi connectivity index (χ0v) is 18.2. The van der Waals surface area contributed by atoms with Crippen molar-refractivity contribution in [2.45, 2.75) is 69.1 Å². The van der Waals surface area contributed by atoms with Gasteiger partial charge in [0.05, 0.1) is 12.2 Å². The number of amides is 1. The Morgan fingerprint density at radius 1 is 1.16 bits per heavy atom. The van der Waals surface area contributed by atoms with Gasteiger partial charge in [0.15, 0.2) is 5.69 Å². The highest BCUT2D eigenvalue weighted by molar-refractivity contribution is 5.92. The number of piperidine rings is 1. The minimum absolute atomic E-state index is 0.0898. The predicted octanol–water partition coefficient (Wildman–Crippen LogP) is 2.41. The summed E-state index contributed by atoms with van der Waals surface area (Å²) in [6, 6.07) is 12.0. The number of rotatable bonds is 5. The van der Waals surface area contributed by atoms with Crippen LogP contribution in [-0.4, -0.2) is 64.1 Å². The molecule has 2 fully saturated rings. The van der Waals surface area contributed by atoms with Crippen LogP contribution < -0.4 is 5.32 Å². The number of aromatic nitrogens is 1. The van der Waals surface area contributed by atoms with Crippen LogP contribution >= 0.6 is 0 Å². The van der Waals surface area contributed by atoms with Crippen molar-refractivity contribution in [1.29, 1.82) is 0 Å². The number of aryl methyl sites for hydroxylation is 1. The Bertz CT molecular complexity index is 863. The van der Waals surface area contributed by atoms with E-state index in [9.17, 15) is 15.0 Å². The number of nitrogens with one attached hydrogen (secondary N) is 1. The van der Waals surface area contributed by atoms with Crippen LogP contribution in [0.5, 0.6) is 0 Å². The van der Waals surface area contributed by atoms with Crippen molar-refractivity contribution in [2.75, 3.05) is 19.6 Å². The van der Waals surface area contributed by atoms with Gasteiger partial charge >= 0.3 is 0 Å². The molecule has 2 heterocycles. The van der Waals surface area contributed by atoms with Gasteiger partial charge in [-0.25, -0.2) is 0 Å². The number of hydrogen-bond donors (Lipinski definition) is 3. The van der Waals surface area contributed by atoms with E-state index in [4.69, 9.17) is 4.52 Å². The zero-order chi connectivity index (χ0) is 21.8. The summed E-state index contributed by atoms with van der Waals surface area (Å²) in [5, 5.41) is 27.8. The Morgan fingerprint density at radius 2 is 1.87 bits per heavy atom. The first-order valence-corrected chi connectivity index (χ1v) is 11.3. The normalized spacial score (nSPS) is 28.2. The Hall–Kier alpha value is -2.22. The monoisotopic (exact) mass is 427 g/mol. The van der Waals surface area contributed by atoms with Crippen LogP contribution in [0.1, 0.15) is 60.3 Å². The van der Waals surface area contributed by atoms with Gasteiger partial charge in [-0.15, -0.1) is 0 Å². The third kappa shape index (κ3) is 5.00. The van der Waals surface area contributed by atoms with E-state index in [1.54, 1.807) is 13.0 Å². The lowest BCUT2D eigenvalue weighted by atomic mass is 9.74. The van der Waals surface area contributed by atoms with Crippen molar-refractivity contribution in [2.24, 2.45) is 0 Å². The molecule has 4 rings (SSSR count). The molecule has 1 aliphatic heterocycles. The molecule has 1 aromatic heterocycles. The summed E-state index contributed by atoms with van der Waals surface area (Å²) in [5.41, 5.74) is 1.23. The molecule has 0 unspecified atom stereocenters. The van der Waals surface area contributed by atoms with Gasteiger partial charge in [-0.3, -0.25) is 9.69 Å². The summed E-state index contributed by atoms with van der Waals surface area (Å²) in [4.78, 5) is 15.0. The third-order valence-corrected chi connectivity index (χ3v) is 7.08. The second-order valence-corrected chi connectivity index (χ2v) is 9.13. The van der Waals surface area contributed by atoms with E-state index in [0.29, 0.717) is 24.4 Å². The lowest BCUT2D eigenvalue weighted by Gasteiger charge is -2.38. The molecule has 168 valence electrons. The molecule has 0 bridgehead atoms. The summed E-state index contributed by atoms with van der Waals surface area (Å²) >= 11 is 0. The van der Waals surface area contributed by atoms with Crippen molar-refractivity contribution in [3.8, 4) is 0 Å². The SMILES string of the molecule is Cc1cc(C(=O)NC[C@@]2(c3ccccc3)CC[C@H](O)[C@@H](N3CCC(O)CC3)CC2)no1. The standard InChI is InChI=1S/C24H33N3O4/c1-17-15-20(26-31-17)23(30)25-16-24(18-5-3-2-4-6-18)11-7-21(22(29)8-12-24)27-13-9-19(28)10-14-27/h2-6,15,19,21-22,28-29H,7-14,16H2,1H3,(H,25,30)/t21-,22-,24-/m0/s1. The predicted molar refractivity (Wildman–Crippen MR) is 117 cm³/mol. The average molecular weight is 428 g/mol. The third-order valence-electron chi connectivity index (χ3n) is 7.08. The fraction of sp³-hybridized carbons (Fsp3) is 0.583. The van der Waals surface area contributed by atoms with E-state index in [-0.39, 0.29) is 23.5 Å². The van der Waals surface area contributed by atoms with E-state index in [2.05, 4.69) is 27.5 Å². The largest absolute Gasteiger partial charge is 0.393 e. The van der Waals surface area contributed by atoms with Crippen molar-refractivity contribution >= 4 is 5.91 Å². The van der Waals surface area contributed by atoms with Gasteiger partial charge in [-0.2, -0.15) is 0 Å². The van der Waals surface area contributed by atoms with Crippen LogP contribution in [0, 0.1) is 6.92 Å². The Kier molecular flexibility index (Phi) is 6.74. The van der Waals surface area contributed by atoms with E-state index < -0.39 is 6.10 Å². The Morgan fingerprint density at radius 3 is 2.55 bits per heavy atom. The van der Waals surface area contributed by atoms with Crippen molar-refractivity contribution < 1.29 is 19.5 Å². The number of carbonyl (C=O) groups is 1. The first-order valence-electron chi connectivity index (χ1n) is 11.3. The molecule has 0 radical (unpaired) electrons. The molecule has 1 saturated carbocycles. The minimum Gasteiger partial charge on any atom is -0.393 e. The number of benzene rings is 1. The maximum Gasteiger partial charge on any atom is 0.273 e. The second kappa shape index (κ2) is 9.51. The molecule has 7 nitrogen and oxygen atoms in total. The highest BCUT2D eigenvalue weighted by atomic mass is 16.5. The van der Waals surface area contributed by atoms with E-state index in [1.165, 1.54) is 5.56 Å². The van der Waals surface area contributed by atoms with E-state index in [0.717, 1.165) is 45.2 Å². The quantitative estimate of drug-likeness (QED) is 0.634. The van der Waals surface area contributed by atoms with Gasteiger partial charge in [-0.1, -0.05) is 35.5 Å². The highest BCUT2D eigenvalue weighted by Gasteiger charge is 2.40. The zero-order valence-electron chi connectivity index (χ0n) is 18.2. The summed E-state index contributed by atoms with van der Waals surface area (Å²) in [6.07, 6.45) is 4.09. The van der Waals surface area contributed by atoms with Gasteiger partial charge in [0.2, 0.25) is 0 Å². The summed E-state index contributed by atoms with van der Waals surface area (Å²) in [6.45, 7) is 3.90. The topological polar surface area (TPSA) is 98.8 Å². The molecule has 0 spiro atoms. The molecule has 7 heteroatoms. The van der Waals surface area contributed by atoms with Crippen LogP contribution in [0.25, 0.3) is 0 Å². The number of carbonyl (C=O) groups excluding carboxylic acids is 1. The van der Waals surface area contributed by atoms with E-state index in [1.807, 2.05) is 18.2 Å². The fourth-order valence-electron chi connectivity index (χ4n) is 5.17. The molecule has 1 amide bonds. The summed E-state index contributed by atoms with van der Waals surface area (Å²) < 4.78 is 5.04. The molecule has 2 aliphatic rings. The van der Waals surface area contributed by atoms with Gasteiger partial charge in [-0.05, 0) is 51.0 Å². The number of likely N-dealkylation sites (tertiary alicyclic amines) is 1. The maximum absolute atomic E-state index is 12.7. The molecule has 31 heavy (non-hydrogen) atoms. The molecule has 1 aromatic carbocycles. The van der Waals surface area contributed by atoms with Crippen molar-refractivity contribution in [3.63, 3.8) is 0 Å². The molecule has 3 N–H and O–H groups in total. The van der Waals surface area contributed by atoms with Crippen LogP contribution in [0.15, 0.2) is 40.9 Å². The van der Waals surface area contributed by atoms with Gasteiger partial charge in [0.1, 0.15) is 5.76 Å². The highest BCUT2D eigenvalue weighted by Crippen LogP contribution is 2.39. The molecule has 2 aromatic rings. The van der Waals surface area contributed by atoms with Crippen LogP contribution in [0.4, 0.5) is 0 Å². The number of aliphatic hydroxyl groups is 2. The second-order valence-electron chi connectivity index (χ2n) is 9.13. The number of aliphatic hydroxyl groups excluding tert-OH is 2. The summed E-state index contributed by atoms with van der Waals surface area (Å²) in [7, 11) is 0. The average Bonchev–Trinajstić information content (AvgIpc) is 3.15. The van der Waals surface area contributed by atoms with Crippen LogP contribution in [-0.2, 0) is 5.41 Å². The van der Waals surface area contributed by atoms with Crippen molar-refractivity contribution in [1.82, 2.24) is 15.4 Å². The lowest BCUT2D eigenvalue weighted by Crippen LogP contribution is -2.48. The first-order chi connectivity index (χ1) is 15.0. The maximum atomic E-state index is 12.7. The molecule has 3 atom stereocenters. The molecular formula is C24H33N3O4.